The summed E-state index contributed by atoms with van der Waals surface area (Å²) in [4.78, 5) is 22.9. The maximum Gasteiger partial charge on any atom is 0.257 e. The number of anilines is 1. The van der Waals surface area contributed by atoms with Crippen molar-refractivity contribution < 1.29 is 4.79 Å². The largest absolute Gasteiger partial charge is 0.368 e. The number of amides is 1. The van der Waals surface area contributed by atoms with Crippen molar-refractivity contribution in [2.45, 2.75) is 45.2 Å². The number of carbonyl (C=O) groups excluding carboxylic acids is 1. The molecule has 1 saturated heterocycles. The molecule has 0 aliphatic carbocycles. The monoisotopic (exact) mass is 314 g/mol. The van der Waals surface area contributed by atoms with Crippen molar-refractivity contribution >= 4 is 11.9 Å². The van der Waals surface area contributed by atoms with Crippen molar-refractivity contribution in [3.05, 3.63) is 35.9 Å². The molecule has 3 rings (SSSR count). The van der Waals surface area contributed by atoms with Crippen LogP contribution in [0.15, 0.2) is 24.7 Å². The fraction of sp³-hybridized carbons (Fsp3) is 0.500. The molecule has 122 valence electrons. The third kappa shape index (κ3) is 3.49. The molecular formula is C16H22N6O. The Morgan fingerprint density at radius 2 is 2.30 bits per heavy atom. The molecule has 7 heteroatoms. The van der Waals surface area contributed by atoms with E-state index in [1.54, 1.807) is 19.3 Å². The van der Waals surface area contributed by atoms with Gasteiger partial charge in [-0.3, -0.25) is 9.48 Å². The first-order chi connectivity index (χ1) is 11.1. The average Bonchev–Trinajstić information content (AvgIpc) is 3.06. The molecule has 2 aromatic heterocycles. The lowest BCUT2D eigenvalue weighted by molar-refractivity contribution is 0.0592. The Bertz CT molecular complexity index is 669. The molecule has 3 heterocycles. The van der Waals surface area contributed by atoms with Gasteiger partial charge in [-0.05, 0) is 38.7 Å². The minimum Gasteiger partial charge on any atom is -0.368 e. The maximum absolute atomic E-state index is 12.9. The van der Waals surface area contributed by atoms with E-state index in [-0.39, 0.29) is 17.9 Å². The predicted molar refractivity (Wildman–Crippen MR) is 86.7 cm³/mol. The third-order valence-electron chi connectivity index (χ3n) is 4.37. The molecule has 0 saturated carbocycles. The molecule has 0 radical (unpaired) electrons. The summed E-state index contributed by atoms with van der Waals surface area (Å²) in [6, 6.07) is 2.15. The van der Waals surface area contributed by atoms with Gasteiger partial charge in [0.1, 0.15) is 0 Å². The summed E-state index contributed by atoms with van der Waals surface area (Å²) in [5.74, 6) is 0.209. The van der Waals surface area contributed by atoms with Gasteiger partial charge in [-0.15, -0.1) is 0 Å². The molecule has 1 fully saturated rings. The quantitative estimate of drug-likeness (QED) is 0.926. The molecule has 2 aromatic rings. The number of piperidine rings is 1. The summed E-state index contributed by atoms with van der Waals surface area (Å²) in [5.41, 5.74) is 6.76. The zero-order chi connectivity index (χ0) is 16.2. The number of nitrogens with zero attached hydrogens (tertiary/aromatic N) is 5. The van der Waals surface area contributed by atoms with Gasteiger partial charge in [0.2, 0.25) is 5.95 Å². The first-order valence-corrected chi connectivity index (χ1v) is 8.02. The van der Waals surface area contributed by atoms with E-state index in [4.69, 9.17) is 5.73 Å². The van der Waals surface area contributed by atoms with Gasteiger partial charge >= 0.3 is 0 Å². The molecule has 2 N–H and O–H groups in total. The molecular weight excluding hydrogens is 292 g/mol. The second kappa shape index (κ2) is 6.76. The molecule has 0 unspecified atom stereocenters. The van der Waals surface area contributed by atoms with E-state index < -0.39 is 0 Å². The van der Waals surface area contributed by atoms with E-state index in [9.17, 15) is 4.79 Å². The van der Waals surface area contributed by atoms with Crippen LogP contribution in [0.2, 0.25) is 0 Å². The van der Waals surface area contributed by atoms with E-state index in [1.165, 1.54) is 0 Å². The van der Waals surface area contributed by atoms with E-state index >= 15 is 0 Å². The number of aromatic nitrogens is 4. The van der Waals surface area contributed by atoms with Gasteiger partial charge in [0.15, 0.2) is 0 Å². The minimum absolute atomic E-state index is 0.00710. The first-order valence-electron chi connectivity index (χ1n) is 8.02. The molecule has 1 aliphatic heterocycles. The van der Waals surface area contributed by atoms with Crippen molar-refractivity contribution in [3.8, 4) is 0 Å². The zero-order valence-corrected chi connectivity index (χ0v) is 13.4. The Balaban J connectivity index is 1.73. The van der Waals surface area contributed by atoms with Crippen LogP contribution in [-0.2, 0) is 6.54 Å². The van der Waals surface area contributed by atoms with Crippen molar-refractivity contribution in [3.63, 3.8) is 0 Å². The number of aryl methyl sites for hydroxylation is 2. The summed E-state index contributed by atoms with van der Waals surface area (Å²) >= 11 is 0. The van der Waals surface area contributed by atoms with Crippen LogP contribution < -0.4 is 5.73 Å². The summed E-state index contributed by atoms with van der Waals surface area (Å²) in [5, 5.41) is 4.23. The third-order valence-corrected chi connectivity index (χ3v) is 4.37. The highest BCUT2D eigenvalue weighted by Gasteiger charge is 2.28. The second-order valence-electron chi connectivity index (χ2n) is 5.93. The van der Waals surface area contributed by atoms with Gasteiger partial charge in [0.25, 0.3) is 5.91 Å². The van der Waals surface area contributed by atoms with Crippen LogP contribution in [0.25, 0.3) is 0 Å². The van der Waals surface area contributed by atoms with Crippen LogP contribution in [0.3, 0.4) is 0 Å². The van der Waals surface area contributed by atoms with Gasteiger partial charge < -0.3 is 10.6 Å². The molecule has 0 aromatic carbocycles. The van der Waals surface area contributed by atoms with Crippen LogP contribution in [0.5, 0.6) is 0 Å². The number of hydrogen-bond donors (Lipinski definition) is 1. The standard InChI is InChI=1S/C16H22N6O/c1-12-14(11-18-16(17)20-12)15(23)22-9-3-2-5-13(22)6-10-21-8-4-7-19-21/h4,7-8,11,13H,2-3,5-6,9-10H2,1H3,(H2,17,18,20)/t13-/m1/s1. The van der Waals surface area contributed by atoms with Crippen LogP contribution in [0.1, 0.15) is 41.7 Å². The number of likely N-dealkylation sites (tertiary alicyclic amines) is 1. The normalized spacial score (nSPS) is 18.1. The van der Waals surface area contributed by atoms with Crippen LogP contribution in [-0.4, -0.2) is 43.1 Å². The number of rotatable bonds is 4. The van der Waals surface area contributed by atoms with Crippen molar-refractivity contribution in [2.75, 3.05) is 12.3 Å². The lowest BCUT2D eigenvalue weighted by Crippen LogP contribution is -2.44. The molecule has 7 nitrogen and oxygen atoms in total. The zero-order valence-electron chi connectivity index (χ0n) is 13.4. The fourth-order valence-electron chi connectivity index (χ4n) is 3.13. The molecule has 1 aliphatic rings. The molecule has 1 atom stereocenters. The Kier molecular flexibility index (Phi) is 4.55. The Labute approximate surface area is 135 Å². The van der Waals surface area contributed by atoms with Crippen LogP contribution in [0, 0.1) is 6.92 Å². The smallest absolute Gasteiger partial charge is 0.257 e. The maximum atomic E-state index is 12.9. The van der Waals surface area contributed by atoms with Gasteiger partial charge in [-0.1, -0.05) is 0 Å². The fourth-order valence-corrected chi connectivity index (χ4v) is 3.13. The highest BCUT2D eigenvalue weighted by molar-refractivity contribution is 5.95. The number of carbonyl (C=O) groups is 1. The number of nitrogen functional groups attached to an aromatic ring is 1. The minimum atomic E-state index is 0.00710. The van der Waals surface area contributed by atoms with Gasteiger partial charge in [0.05, 0.1) is 11.3 Å². The van der Waals surface area contributed by atoms with E-state index in [0.717, 1.165) is 38.8 Å². The van der Waals surface area contributed by atoms with Gasteiger partial charge in [-0.25, -0.2) is 9.97 Å². The number of nitrogens with two attached hydrogens (primary N) is 1. The Hall–Kier alpha value is -2.44. The van der Waals surface area contributed by atoms with Crippen molar-refractivity contribution in [2.24, 2.45) is 0 Å². The summed E-state index contributed by atoms with van der Waals surface area (Å²) in [6.45, 7) is 3.40. The van der Waals surface area contributed by atoms with E-state index in [1.807, 2.05) is 21.8 Å². The molecule has 0 bridgehead atoms. The predicted octanol–water partition coefficient (Wildman–Crippen LogP) is 1.65. The Morgan fingerprint density at radius 3 is 3.04 bits per heavy atom. The summed E-state index contributed by atoms with van der Waals surface area (Å²) < 4.78 is 1.91. The highest BCUT2D eigenvalue weighted by Crippen LogP contribution is 2.23. The second-order valence-corrected chi connectivity index (χ2v) is 5.93. The molecule has 0 spiro atoms. The molecule has 1 amide bonds. The summed E-state index contributed by atoms with van der Waals surface area (Å²) in [7, 11) is 0. The Morgan fingerprint density at radius 1 is 1.43 bits per heavy atom. The lowest BCUT2D eigenvalue weighted by atomic mass is 9.98. The van der Waals surface area contributed by atoms with Crippen LogP contribution in [0.4, 0.5) is 5.95 Å². The highest BCUT2D eigenvalue weighted by atomic mass is 16.2. The van der Waals surface area contributed by atoms with Gasteiger partial charge in [-0.2, -0.15) is 5.10 Å². The summed E-state index contributed by atoms with van der Waals surface area (Å²) in [6.07, 6.45) is 9.40. The van der Waals surface area contributed by atoms with Crippen molar-refractivity contribution in [1.82, 2.24) is 24.6 Å². The number of hydrogen-bond acceptors (Lipinski definition) is 5. The van der Waals surface area contributed by atoms with Crippen LogP contribution >= 0.6 is 0 Å². The average molecular weight is 314 g/mol. The van der Waals surface area contributed by atoms with Gasteiger partial charge in [0, 0.05) is 37.7 Å². The first kappa shape index (κ1) is 15.5. The van der Waals surface area contributed by atoms with Crippen molar-refractivity contribution in [1.29, 1.82) is 0 Å². The van der Waals surface area contributed by atoms with E-state index in [2.05, 4.69) is 15.1 Å². The lowest BCUT2D eigenvalue weighted by Gasteiger charge is -2.36. The van der Waals surface area contributed by atoms with E-state index in [0.29, 0.717) is 11.3 Å². The SMILES string of the molecule is Cc1nc(N)ncc1C(=O)N1CCCC[C@@H]1CCn1cccn1. The molecule has 23 heavy (non-hydrogen) atoms. The topological polar surface area (TPSA) is 89.9 Å².